The Balaban J connectivity index is 1.67. The molecule has 0 N–H and O–H groups in total. The molecule has 1 fully saturated rings. The summed E-state index contributed by atoms with van der Waals surface area (Å²) < 4.78 is 19.4. The number of nitrogens with zero attached hydrogens (tertiary/aromatic N) is 2. The number of benzene rings is 2. The fourth-order valence-electron chi connectivity index (χ4n) is 2.76. The summed E-state index contributed by atoms with van der Waals surface area (Å²) in [6.07, 6.45) is 0. The Morgan fingerprint density at radius 2 is 2.00 bits per heavy atom. The number of carbonyl (C=O) groups excluding carboxylic acids is 1. The van der Waals surface area contributed by atoms with Crippen LogP contribution in [0, 0.1) is 5.82 Å². The molecule has 1 amide bonds. The van der Waals surface area contributed by atoms with Crippen molar-refractivity contribution in [2.24, 2.45) is 0 Å². The Morgan fingerprint density at radius 1 is 1.17 bits per heavy atom. The maximum atomic E-state index is 13.3. The number of morpholine rings is 1. The molecule has 4 nitrogen and oxygen atoms in total. The lowest BCUT2D eigenvalue weighted by Gasteiger charge is -2.26. The molecule has 0 bridgehead atoms. The van der Waals surface area contributed by atoms with Crippen molar-refractivity contribution in [2.45, 2.75) is 0 Å². The third-order valence-electron chi connectivity index (χ3n) is 4.01. The van der Waals surface area contributed by atoms with Crippen molar-refractivity contribution >= 4 is 27.5 Å². The summed E-state index contributed by atoms with van der Waals surface area (Å²) in [6.45, 7) is 2.39. The third kappa shape index (κ3) is 2.90. The minimum Gasteiger partial charge on any atom is -0.378 e. The lowest BCUT2D eigenvalue weighted by Crippen LogP contribution is -2.40. The standard InChI is InChI=1S/C18H15FN2O2S/c19-14-4-5-15-16(11-14)24-17(20-15)12-2-1-3-13(10-12)18(22)21-6-8-23-9-7-21/h1-5,10-11H,6-9H2. The van der Waals surface area contributed by atoms with E-state index in [0.717, 1.165) is 20.8 Å². The Bertz CT molecular complexity index is 903. The van der Waals surface area contributed by atoms with Crippen LogP contribution in [0.4, 0.5) is 4.39 Å². The van der Waals surface area contributed by atoms with E-state index >= 15 is 0 Å². The van der Waals surface area contributed by atoms with Gasteiger partial charge in [-0.05, 0) is 30.3 Å². The van der Waals surface area contributed by atoms with Crippen LogP contribution < -0.4 is 0 Å². The monoisotopic (exact) mass is 342 g/mol. The number of carbonyl (C=O) groups is 1. The summed E-state index contributed by atoms with van der Waals surface area (Å²) in [5.41, 5.74) is 2.27. The Kier molecular flexibility index (Phi) is 4.00. The van der Waals surface area contributed by atoms with Gasteiger partial charge in [-0.25, -0.2) is 9.37 Å². The van der Waals surface area contributed by atoms with Gasteiger partial charge in [-0.3, -0.25) is 4.79 Å². The molecule has 3 aromatic rings. The predicted octanol–water partition coefficient (Wildman–Crippen LogP) is 3.57. The summed E-state index contributed by atoms with van der Waals surface area (Å²) in [4.78, 5) is 18.9. The maximum Gasteiger partial charge on any atom is 0.254 e. The van der Waals surface area contributed by atoms with Crippen molar-refractivity contribution in [2.75, 3.05) is 26.3 Å². The van der Waals surface area contributed by atoms with E-state index in [2.05, 4.69) is 4.98 Å². The van der Waals surface area contributed by atoms with Crippen LogP contribution in [0.1, 0.15) is 10.4 Å². The summed E-state index contributed by atoms with van der Waals surface area (Å²) in [5.74, 6) is -0.263. The Labute approximate surface area is 142 Å². The van der Waals surface area contributed by atoms with Crippen molar-refractivity contribution < 1.29 is 13.9 Å². The third-order valence-corrected chi connectivity index (χ3v) is 5.07. The molecule has 1 saturated heterocycles. The highest BCUT2D eigenvalue weighted by atomic mass is 32.1. The summed E-state index contributed by atoms with van der Waals surface area (Å²) in [5, 5.41) is 0.784. The fourth-order valence-corrected chi connectivity index (χ4v) is 3.74. The fraction of sp³-hybridized carbons (Fsp3) is 0.222. The molecule has 24 heavy (non-hydrogen) atoms. The molecule has 2 heterocycles. The number of aromatic nitrogens is 1. The first-order chi connectivity index (χ1) is 11.7. The second-order valence-electron chi connectivity index (χ2n) is 5.62. The van der Waals surface area contributed by atoms with Crippen LogP contribution in [-0.2, 0) is 4.74 Å². The summed E-state index contributed by atoms with van der Waals surface area (Å²) in [7, 11) is 0. The topological polar surface area (TPSA) is 42.4 Å². The molecule has 0 spiro atoms. The highest BCUT2D eigenvalue weighted by molar-refractivity contribution is 7.21. The van der Waals surface area contributed by atoms with Crippen LogP contribution in [0.5, 0.6) is 0 Å². The van der Waals surface area contributed by atoms with Crippen molar-refractivity contribution in [3.63, 3.8) is 0 Å². The highest BCUT2D eigenvalue weighted by Crippen LogP contribution is 2.31. The van der Waals surface area contributed by atoms with Crippen LogP contribution in [0.2, 0.25) is 0 Å². The van der Waals surface area contributed by atoms with E-state index in [9.17, 15) is 9.18 Å². The second-order valence-corrected chi connectivity index (χ2v) is 6.65. The zero-order valence-corrected chi connectivity index (χ0v) is 13.7. The number of hydrogen-bond acceptors (Lipinski definition) is 4. The van der Waals surface area contributed by atoms with Crippen LogP contribution >= 0.6 is 11.3 Å². The first-order valence-electron chi connectivity index (χ1n) is 7.74. The van der Waals surface area contributed by atoms with Gasteiger partial charge in [0.1, 0.15) is 10.8 Å². The zero-order valence-electron chi connectivity index (χ0n) is 12.9. The summed E-state index contributed by atoms with van der Waals surface area (Å²) >= 11 is 1.42. The molecule has 1 aliphatic rings. The molecular weight excluding hydrogens is 327 g/mol. The molecule has 0 atom stereocenters. The Morgan fingerprint density at radius 3 is 2.83 bits per heavy atom. The zero-order chi connectivity index (χ0) is 16.5. The van der Waals surface area contributed by atoms with Gasteiger partial charge < -0.3 is 9.64 Å². The van der Waals surface area contributed by atoms with E-state index in [1.807, 2.05) is 24.3 Å². The predicted molar refractivity (Wildman–Crippen MR) is 91.7 cm³/mol. The van der Waals surface area contributed by atoms with Crippen LogP contribution in [0.15, 0.2) is 42.5 Å². The summed E-state index contributed by atoms with van der Waals surface area (Å²) in [6, 6.07) is 12.0. The molecule has 122 valence electrons. The van der Waals surface area contributed by atoms with Crippen molar-refractivity contribution in [3.8, 4) is 10.6 Å². The first kappa shape index (κ1) is 15.2. The molecule has 0 radical (unpaired) electrons. The van der Waals surface area contributed by atoms with Crippen LogP contribution in [0.3, 0.4) is 0 Å². The second kappa shape index (κ2) is 6.30. The van der Waals surface area contributed by atoms with Gasteiger partial charge in [0.2, 0.25) is 0 Å². The molecule has 0 unspecified atom stereocenters. The van der Waals surface area contributed by atoms with Gasteiger partial charge in [0.25, 0.3) is 5.91 Å². The van der Waals surface area contributed by atoms with Gasteiger partial charge in [0, 0.05) is 24.2 Å². The smallest absolute Gasteiger partial charge is 0.254 e. The van der Waals surface area contributed by atoms with Crippen LogP contribution in [0.25, 0.3) is 20.8 Å². The van der Waals surface area contributed by atoms with E-state index in [-0.39, 0.29) is 11.7 Å². The number of halogens is 1. The first-order valence-corrected chi connectivity index (χ1v) is 8.56. The molecule has 2 aromatic carbocycles. The van der Waals surface area contributed by atoms with E-state index in [1.165, 1.54) is 23.5 Å². The van der Waals surface area contributed by atoms with Gasteiger partial charge in [0.05, 0.1) is 23.4 Å². The molecule has 1 aliphatic heterocycles. The highest BCUT2D eigenvalue weighted by Gasteiger charge is 2.19. The number of fused-ring (bicyclic) bond motifs is 1. The van der Waals surface area contributed by atoms with E-state index in [0.29, 0.717) is 31.9 Å². The Hall–Kier alpha value is -2.31. The quantitative estimate of drug-likeness (QED) is 0.715. The molecule has 4 rings (SSSR count). The van der Waals surface area contributed by atoms with Crippen molar-refractivity contribution in [3.05, 3.63) is 53.8 Å². The number of thiazole rings is 1. The van der Waals surface area contributed by atoms with Crippen LogP contribution in [-0.4, -0.2) is 42.1 Å². The average Bonchev–Trinajstić information content (AvgIpc) is 3.05. The largest absolute Gasteiger partial charge is 0.378 e. The van der Waals surface area contributed by atoms with E-state index in [1.54, 1.807) is 11.0 Å². The number of rotatable bonds is 2. The number of hydrogen-bond donors (Lipinski definition) is 0. The van der Waals surface area contributed by atoms with E-state index in [4.69, 9.17) is 4.74 Å². The molecule has 1 aromatic heterocycles. The average molecular weight is 342 g/mol. The lowest BCUT2D eigenvalue weighted by atomic mass is 10.1. The van der Waals surface area contributed by atoms with Gasteiger partial charge >= 0.3 is 0 Å². The minimum absolute atomic E-state index is 0.00676. The van der Waals surface area contributed by atoms with Crippen molar-refractivity contribution in [1.82, 2.24) is 9.88 Å². The SMILES string of the molecule is O=C(c1cccc(-c2nc3ccc(F)cc3s2)c1)N1CCOCC1. The van der Waals surface area contributed by atoms with Gasteiger partial charge in [-0.1, -0.05) is 12.1 Å². The van der Waals surface area contributed by atoms with Gasteiger partial charge in [0.15, 0.2) is 0 Å². The maximum absolute atomic E-state index is 13.3. The lowest BCUT2D eigenvalue weighted by molar-refractivity contribution is 0.0303. The number of ether oxygens (including phenoxy) is 1. The van der Waals surface area contributed by atoms with E-state index < -0.39 is 0 Å². The minimum atomic E-state index is -0.269. The molecule has 0 aliphatic carbocycles. The molecule has 6 heteroatoms. The van der Waals surface area contributed by atoms with Crippen molar-refractivity contribution in [1.29, 1.82) is 0 Å². The normalized spacial score (nSPS) is 15.0. The van der Waals surface area contributed by atoms with Gasteiger partial charge in [-0.15, -0.1) is 11.3 Å². The molecule has 0 saturated carbocycles. The van der Waals surface area contributed by atoms with Gasteiger partial charge in [-0.2, -0.15) is 0 Å². The molecular formula is C18H15FN2O2S. The number of amides is 1.